The van der Waals surface area contributed by atoms with Crippen molar-refractivity contribution in [2.45, 2.75) is 19.4 Å². The Bertz CT molecular complexity index is 431. The first kappa shape index (κ1) is 15.1. The van der Waals surface area contributed by atoms with Crippen LogP contribution in [-0.2, 0) is 16.0 Å². The third kappa shape index (κ3) is 5.50. The van der Waals surface area contributed by atoms with Crippen LogP contribution in [0.5, 0.6) is 5.75 Å². The summed E-state index contributed by atoms with van der Waals surface area (Å²) in [6.45, 7) is 1.70. The van der Waals surface area contributed by atoms with Crippen LogP contribution in [0.1, 0.15) is 12.5 Å². The van der Waals surface area contributed by atoms with Crippen LogP contribution in [0.4, 0.5) is 0 Å². The lowest BCUT2D eigenvalue weighted by Crippen LogP contribution is -2.45. The Balaban J connectivity index is 2.60. The average molecular weight is 265 g/mol. The number of hydrogen-bond acceptors (Lipinski definition) is 5. The first-order chi connectivity index (χ1) is 9.02. The third-order valence-corrected chi connectivity index (χ3v) is 2.51. The second-order valence-electron chi connectivity index (χ2n) is 4.20. The van der Waals surface area contributed by atoms with E-state index >= 15 is 0 Å². The lowest BCUT2D eigenvalue weighted by Gasteiger charge is -2.14. The molecule has 0 saturated carbocycles. The van der Waals surface area contributed by atoms with E-state index in [0.717, 1.165) is 5.56 Å². The molecule has 1 aromatic rings. The standard InChI is InChI=1S/C13H19N3O3/c1-9(17)7-19-11-4-2-10(3-5-11)6-12(13(15)18)16-8-14/h2-5,12,16H,6-8,14H2,1H3,(H2,15,18)/t12-/m0/s1. The minimum atomic E-state index is -0.492. The molecule has 5 N–H and O–H groups in total. The highest BCUT2D eigenvalue weighted by Gasteiger charge is 2.14. The minimum absolute atomic E-state index is 0.0370. The van der Waals surface area contributed by atoms with E-state index in [9.17, 15) is 9.59 Å². The molecule has 0 aliphatic heterocycles. The molecule has 1 atom stereocenters. The number of rotatable bonds is 8. The molecule has 1 amide bonds. The Morgan fingerprint density at radius 1 is 1.32 bits per heavy atom. The summed E-state index contributed by atoms with van der Waals surface area (Å²) in [4.78, 5) is 22.0. The predicted octanol–water partition coefficient (Wildman–Crippen LogP) is -0.443. The lowest BCUT2D eigenvalue weighted by molar-refractivity contribution is -0.120. The maximum absolute atomic E-state index is 11.2. The van der Waals surface area contributed by atoms with Gasteiger partial charge in [-0.1, -0.05) is 12.1 Å². The zero-order valence-corrected chi connectivity index (χ0v) is 10.9. The first-order valence-electron chi connectivity index (χ1n) is 5.97. The van der Waals surface area contributed by atoms with E-state index in [1.165, 1.54) is 6.92 Å². The van der Waals surface area contributed by atoms with Gasteiger partial charge in [0.2, 0.25) is 5.91 Å². The molecule has 104 valence electrons. The van der Waals surface area contributed by atoms with Gasteiger partial charge < -0.3 is 16.2 Å². The predicted molar refractivity (Wildman–Crippen MR) is 71.5 cm³/mol. The van der Waals surface area contributed by atoms with Crippen LogP contribution in [0.15, 0.2) is 24.3 Å². The van der Waals surface area contributed by atoms with Gasteiger partial charge in [-0.3, -0.25) is 14.9 Å². The molecule has 1 rings (SSSR count). The molecule has 0 radical (unpaired) electrons. The van der Waals surface area contributed by atoms with Gasteiger partial charge in [0.05, 0.1) is 6.04 Å². The van der Waals surface area contributed by atoms with Crippen LogP contribution in [0.3, 0.4) is 0 Å². The number of ketones is 1. The number of Topliss-reactive ketones (excluding diaryl/α,β-unsaturated/α-hetero) is 1. The van der Waals surface area contributed by atoms with Gasteiger partial charge in [-0.05, 0) is 31.0 Å². The quantitative estimate of drug-likeness (QED) is 0.552. The van der Waals surface area contributed by atoms with Gasteiger partial charge in [0.1, 0.15) is 12.4 Å². The number of amides is 1. The number of ether oxygens (including phenoxy) is 1. The number of carbonyl (C=O) groups excluding carboxylic acids is 2. The fourth-order valence-corrected chi connectivity index (χ4v) is 1.56. The Hall–Kier alpha value is -1.92. The topological polar surface area (TPSA) is 107 Å². The summed E-state index contributed by atoms with van der Waals surface area (Å²) in [5, 5.41) is 2.81. The zero-order valence-electron chi connectivity index (χ0n) is 10.9. The van der Waals surface area contributed by atoms with Crippen molar-refractivity contribution in [2.75, 3.05) is 13.3 Å². The van der Waals surface area contributed by atoms with E-state index in [4.69, 9.17) is 16.2 Å². The Labute approximate surface area is 112 Å². The van der Waals surface area contributed by atoms with Crippen molar-refractivity contribution in [3.63, 3.8) is 0 Å². The number of benzene rings is 1. The van der Waals surface area contributed by atoms with Crippen LogP contribution in [0.25, 0.3) is 0 Å². The molecule has 0 bridgehead atoms. The summed E-state index contributed by atoms with van der Waals surface area (Å²) < 4.78 is 5.25. The van der Waals surface area contributed by atoms with E-state index < -0.39 is 11.9 Å². The van der Waals surface area contributed by atoms with Crippen LogP contribution in [-0.4, -0.2) is 31.0 Å². The number of hydrogen-bond donors (Lipinski definition) is 3. The fraction of sp³-hybridized carbons (Fsp3) is 0.385. The highest BCUT2D eigenvalue weighted by atomic mass is 16.5. The second kappa shape index (κ2) is 7.50. The molecule has 0 unspecified atom stereocenters. The van der Waals surface area contributed by atoms with Crippen LogP contribution < -0.4 is 21.5 Å². The highest BCUT2D eigenvalue weighted by Crippen LogP contribution is 2.13. The Morgan fingerprint density at radius 3 is 2.42 bits per heavy atom. The maximum atomic E-state index is 11.2. The average Bonchev–Trinajstić information content (AvgIpc) is 2.37. The van der Waals surface area contributed by atoms with Crippen molar-refractivity contribution < 1.29 is 14.3 Å². The van der Waals surface area contributed by atoms with E-state index in [0.29, 0.717) is 12.2 Å². The molecule has 0 fully saturated rings. The summed E-state index contributed by atoms with van der Waals surface area (Å²) in [7, 11) is 0. The molecule has 0 heterocycles. The second-order valence-corrected chi connectivity index (χ2v) is 4.20. The van der Waals surface area contributed by atoms with E-state index in [2.05, 4.69) is 5.32 Å². The van der Waals surface area contributed by atoms with Gasteiger partial charge in [0.15, 0.2) is 5.78 Å². The van der Waals surface area contributed by atoms with Crippen LogP contribution in [0, 0.1) is 0 Å². The molecule has 6 heteroatoms. The van der Waals surface area contributed by atoms with Gasteiger partial charge in [-0.15, -0.1) is 0 Å². The van der Waals surface area contributed by atoms with Gasteiger partial charge in [-0.25, -0.2) is 0 Å². The maximum Gasteiger partial charge on any atom is 0.234 e. The Kier molecular flexibility index (Phi) is 5.98. The zero-order chi connectivity index (χ0) is 14.3. The van der Waals surface area contributed by atoms with Crippen molar-refractivity contribution in [1.29, 1.82) is 0 Å². The molecule has 19 heavy (non-hydrogen) atoms. The van der Waals surface area contributed by atoms with Crippen LogP contribution >= 0.6 is 0 Å². The van der Waals surface area contributed by atoms with Gasteiger partial charge in [-0.2, -0.15) is 0 Å². The van der Waals surface area contributed by atoms with Crippen LogP contribution in [0.2, 0.25) is 0 Å². The Morgan fingerprint density at radius 2 is 1.95 bits per heavy atom. The first-order valence-corrected chi connectivity index (χ1v) is 5.97. The minimum Gasteiger partial charge on any atom is -0.486 e. The normalized spacial score (nSPS) is 11.9. The third-order valence-electron chi connectivity index (χ3n) is 2.51. The monoisotopic (exact) mass is 265 g/mol. The van der Waals surface area contributed by atoms with E-state index in [1.54, 1.807) is 12.1 Å². The molecule has 6 nitrogen and oxygen atoms in total. The van der Waals surface area contributed by atoms with E-state index in [-0.39, 0.29) is 19.1 Å². The van der Waals surface area contributed by atoms with Crippen molar-refractivity contribution in [2.24, 2.45) is 11.5 Å². The highest BCUT2D eigenvalue weighted by molar-refractivity contribution is 5.80. The summed E-state index contributed by atoms with van der Waals surface area (Å²) in [6.07, 6.45) is 0.458. The van der Waals surface area contributed by atoms with Crippen molar-refractivity contribution in [3.05, 3.63) is 29.8 Å². The molecule has 0 saturated heterocycles. The summed E-state index contributed by atoms with van der Waals surface area (Å²) in [5.74, 6) is 0.133. The smallest absolute Gasteiger partial charge is 0.234 e. The van der Waals surface area contributed by atoms with Crippen molar-refractivity contribution in [3.8, 4) is 5.75 Å². The van der Waals surface area contributed by atoms with Gasteiger partial charge in [0.25, 0.3) is 0 Å². The molecule has 0 aliphatic rings. The largest absolute Gasteiger partial charge is 0.486 e. The van der Waals surface area contributed by atoms with Crippen molar-refractivity contribution in [1.82, 2.24) is 5.32 Å². The number of primary amides is 1. The molecule has 0 spiro atoms. The molecular weight excluding hydrogens is 246 g/mol. The summed E-state index contributed by atoms with van der Waals surface area (Å²) in [6, 6.07) is 6.65. The van der Waals surface area contributed by atoms with Gasteiger partial charge >= 0.3 is 0 Å². The molecule has 0 aromatic heterocycles. The number of carbonyl (C=O) groups is 2. The number of nitrogens with two attached hydrogens (primary N) is 2. The fourth-order valence-electron chi connectivity index (χ4n) is 1.56. The van der Waals surface area contributed by atoms with Crippen molar-refractivity contribution >= 4 is 11.7 Å². The SMILES string of the molecule is CC(=O)COc1ccc(C[C@H](NCN)C(N)=O)cc1. The molecule has 0 aliphatic carbocycles. The summed E-state index contributed by atoms with van der Waals surface area (Å²) >= 11 is 0. The lowest BCUT2D eigenvalue weighted by atomic mass is 10.1. The molecular formula is C13H19N3O3. The molecule has 1 aromatic carbocycles. The summed E-state index contributed by atoms with van der Waals surface area (Å²) in [5.41, 5.74) is 11.5. The number of nitrogens with one attached hydrogen (secondary N) is 1. The van der Waals surface area contributed by atoms with Gasteiger partial charge in [0, 0.05) is 6.67 Å². The van der Waals surface area contributed by atoms with E-state index in [1.807, 2.05) is 12.1 Å².